The molecule has 0 bridgehead atoms. The molecule has 0 saturated heterocycles. The highest BCUT2D eigenvalue weighted by molar-refractivity contribution is 5.77. The molecule has 1 rings (SSSR count). The molecule has 0 aliphatic heterocycles. The first-order chi connectivity index (χ1) is 8.58. The average Bonchev–Trinajstić information content (AvgIpc) is 2.36. The molecule has 3 N–H and O–H groups in total. The molecule has 1 amide bonds. The van der Waals surface area contributed by atoms with E-state index in [1.165, 1.54) is 0 Å². The van der Waals surface area contributed by atoms with E-state index in [1.807, 2.05) is 26.0 Å². The van der Waals surface area contributed by atoms with Crippen LogP contribution in [-0.2, 0) is 4.79 Å². The zero-order chi connectivity index (χ0) is 13.5. The third-order valence-electron chi connectivity index (χ3n) is 2.45. The van der Waals surface area contributed by atoms with Crippen LogP contribution in [0.25, 0.3) is 0 Å². The van der Waals surface area contributed by atoms with E-state index in [0.717, 1.165) is 5.56 Å². The summed E-state index contributed by atoms with van der Waals surface area (Å²) in [6.07, 6.45) is 0. The van der Waals surface area contributed by atoms with Crippen molar-refractivity contribution in [2.24, 2.45) is 5.73 Å². The second kappa shape index (κ2) is 6.86. The summed E-state index contributed by atoms with van der Waals surface area (Å²) in [4.78, 5) is 11.3. The van der Waals surface area contributed by atoms with E-state index < -0.39 is 0 Å². The summed E-state index contributed by atoms with van der Waals surface area (Å²) in [6.45, 7) is 4.31. The van der Waals surface area contributed by atoms with Crippen molar-refractivity contribution in [1.82, 2.24) is 5.32 Å². The molecule has 1 aromatic rings. The van der Waals surface area contributed by atoms with E-state index in [4.69, 9.17) is 15.2 Å². The van der Waals surface area contributed by atoms with Crippen molar-refractivity contribution in [3.05, 3.63) is 23.8 Å². The largest absolute Gasteiger partial charge is 0.493 e. The Morgan fingerprint density at radius 1 is 1.44 bits per heavy atom. The molecule has 100 valence electrons. The van der Waals surface area contributed by atoms with Crippen LogP contribution in [0, 0.1) is 0 Å². The molecule has 0 fully saturated rings. The summed E-state index contributed by atoms with van der Waals surface area (Å²) in [5.74, 6) is 0.957. The summed E-state index contributed by atoms with van der Waals surface area (Å²) in [6, 6.07) is 5.37. The van der Waals surface area contributed by atoms with E-state index in [2.05, 4.69) is 5.32 Å². The van der Waals surface area contributed by atoms with Gasteiger partial charge in [-0.3, -0.25) is 4.79 Å². The monoisotopic (exact) mass is 252 g/mol. The van der Waals surface area contributed by atoms with Crippen LogP contribution in [0.2, 0.25) is 0 Å². The van der Waals surface area contributed by atoms with E-state index >= 15 is 0 Å². The minimum Gasteiger partial charge on any atom is -0.493 e. The lowest BCUT2D eigenvalue weighted by Crippen LogP contribution is -2.28. The van der Waals surface area contributed by atoms with Gasteiger partial charge in [-0.05, 0) is 31.5 Å². The number of nitrogens with two attached hydrogens (primary N) is 1. The van der Waals surface area contributed by atoms with E-state index in [1.54, 1.807) is 13.2 Å². The van der Waals surface area contributed by atoms with Crippen LogP contribution >= 0.6 is 0 Å². The fourth-order valence-corrected chi connectivity index (χ4v) is 1.48. The van der Waals surface area contributed by atoms with Crippen molar-refractivity contribution in [2.45, 2.75) is 19.9 Å². The van der Waals surface area contributed by atoms with Crippen molar-refractivity contribution < 1.29 is 14.3 Å². The second-order valence-electron chi connectivity index (χ2n) is 3.94. The van der Waals surface area contributed by atoms with Crippen LogP contribution in [-0.4, -0.2) is 26.2 Å². The van der Waals surface area contributed by atoms with Crippen molar-refractivity contribution in [3.8, 4) is 11.5 Å². The summed E-state index contributed by atoms with van der Waals surface area (Å²) in [7, 11) is 1.55. The molecular weight excluding hydrogens is 232 g/mol. The molecule has 18 heavy (non-hydrogen) atoms. The lowest BCUT2D eigenvalue weighted by Gasteiger charge is -2.13. The predicted octanol–water partition coefficient (Wildman–Crippen LogP) is 1.23. The predicted molar refractivity (Wildman–Crippen MR) is 69.8 cm³/mol. The van der Waals surface area contributed by atoms with E-state index in [-0.39, 0.29) is 18.6 Å². The van der Waals surface area contributed by atoms with Gasteiger partial charge in [0, 0.05) is 12.6 Å². The van der Waals surface area contributed by atoms with Gasteiger partial charge in [0.05, 0.1) is 7.11 Å². The SMILES string of the molecule is CCNC(=O)COc1ccc([C@H](C)N)cc1OC. The maximum absolute atomic E-state index is 11.3. The van der Waals surface area contributed by atoms with Crippen molar-refractivity contribution in [3.63, 3.8) is 0 Å². The van der Waals surface area contributed by atoms with Gasteiger partial charge in [0.2, 0.25) is 0 Å². The number of likely N-dealkylation sites (N-methyl/N-ethyl adjacent to an activating group) is 1. The third kappa shape index (κ3) is 3.92. The molecule has 0 spiro atoms. The Bertz CT molecular complexity index is 405. The zero-order valence-electron chi connectivity index (χ0n) is 11.0. The molecule has 0 unspecified atom stereocenters. The molecule has 0 aromatic heterocycles. The maximum Gasteiger partial charge on any atom is 0.257 e. The Morgan fingerprint density at radius 2 is 2.17 bits per heavy atom. The fraction of sp³-hybridized carbons (Fsp3) is 0.462. The highest BCUT2D eigenvalue weighted by Crippen LogP contribution is 2.29. The quantitative estimate of drug-likeness (QED) is 0.798. The number of amides is 1. The fourth-order valence-electron chi connectivity index (χ4n) is 1.48. The summed E-state index contributed by atoms with van der Waals surface area (Å²) in [5.41, 5.74) is 6.74. The van der Waals surface area contributed by atoms with Gasteiger partial charge in [-0.15, -0.1) is 0 Å². The maximum atomic E-state index is 11.3. The van der Waals surface area contributed by atoms with E-state index in [9.17, 15) is 4.79 Å². The normalized spacial score (nSPS) is 11.8. The summed E-state index contributed by atoms with van der Waals surface area (Å²) < 4.78 is 10.6. The molecule has 0 aliphatic carbocycles. The molecule has 0 heterocycles. The highest BCUT2D eigenvalue weighted by Gasteiger charge is 2.09. The number of benzene rings is 1. The molecule has 5 nitrogen and oxygen atoms in total. The van der Waals surface area contributed by atoms with Crippen LogP contribution in [0.15, 0.2) is 18.2 Å². The van der Waals surface area contributed by atoms with Gasteiger partial charge >= 0.3 is 0 Å². The van der Waals surface area contributed by atoms with Crippen LogP contribution < -0.4 is 20.5 Å². The smallest absolute Gasteiger partial charge is 0.257 e. The molecule has 0 radical (unpaired) electrons. The Labute approximate surface area is 107 Å². The average molecular weight is 252 g/mol. The van der Waals surface area contributed by atoms with Crippen LogP contribution in [0.1, 0.15) is 25.5 Å². The number of carbonyl (C=O) groups is 1. The van der Waals surface area contributed by atoms with Gasteiger partial charge in [-0.1, -0.05) is 6.07 Å². The molecular formula is C13H20N2O3. The Morgan fingerprint density at radius 3 is 2.72 bits per heavy atom. The number of hydrogen-bond acceptors (Lipinski definition) is 4. The number of rotatable bonds is 6. The Balaban J connectivity index is 2.73. The summed E-state index contributed by atoms with van der Waals surface area (Å²) >= 11 is 0. The molecule has 5 heteroatoms. The Hall–Kier alpha value is -1.75. The zero-order valence-corrected chi connectivity index (χ0v) is 11.0. The van der Waals surface area contributed by atoms with Gasteiger partial charge in [0.15, 0.2) is 18.1 Å². The lowest BCUT2D eigenvalue weighted by atomic mass is 10.1. The molecule has 1 atom stereocenters. The van der Waals surface area contributed by atoms with Crippen LogP contribution in [0.3, 0.4) is 0 Å². The van der Waals surface area contributed by atoms with Gasteiger partial charge in [-0.25, -0.2) is 0 Å². The topological polar surface area (TPSA) is 73.6 Å². The van der Waals surface area contributed by atoms with Gasteiger partial charge in [0.25, 0.3) is 5.91 Å². The number of ether oxygens (including phenoxy) is 2. The van der Waals surface area contributed by atoms with E-state index in [0.29, 0.717) is 18.0 Å². The van der Waals surface area contributed by atoms with Crippen molar-refractivity contribution in [2.75, 3.05) is 20.3 Å². The Kier molecular flexibility index (Phi) is 5.45. The molecule has 1 aromatic carbocycles. The van der Waals surface area contributed by atoms with Crippen LogP contribution in [0.5, 0.6) is 11.5 Å². The summed E-state index contributed by atoms with van der Waals surface area (Å²) in [5, 5.41) is 2.66. The van der Waals surface area contributed by atoms with Gasteiger partial charge < -0.3 is 20.5 Å². The third-order valence-corrected chi connectivity index (χ3v) is 2.45. The number of carbonyl (C=O) groups excluding carboxylic acids is 1. The number of methoxy groups -OCH3 is 1. The number of nitrogens with one attached hydrogen (secondary N) is 1. The molecule has 0 aliphatic rings. The van der Waals surface area contributed by atoms with Crippen molar-refractivity contribution in [1.29, 1.82) is 0 Å². The first-order valence-corrected chi connectivity index (χ1v) is 5.91. The van der Waals surface area contributed by atoms with Crippen molar-refractivity contribution >= 4 is 5.91 Å². The first kappa shape index (κ1) is 14.3. The highest BCUT2D eigenvalue weighted by atomic mass is 16.5. The van der Waals surface area contributed by atoms with Gasteiger partial charge in [-0.2, -0.15) is 0 Å². The van der Waals surface area contributed by atoms with Crippen LogP contribution in [0.4, 0.5) is 0 Å². The molecule has 0 saturated carbocycles. The minimum atomic E-state index is -0.157. The second-order valence-corrected chi connectivity index (χ2v) is 3.94. The standard InChI is InChI=1S/C13H20N2O3/c1-4-15-13(16)8-18-11-6-5-10(9(2)14)7-12(11)17-3/h5-7,9H,4,8,14H2,1-3H3,(H,15,16)/t9-/m0/s1. The number of hydrogen-bond donors (Lipinski definition) is 2. The van der Waals surface area contributed by atoms with Gasteiger partial charge in [0.1, 0.15) is 0 Å². The lowest BCUT2D eigenvalue weighted by molar-refractivity contribution is -0.123. The first-order valence-electron chi connectivity index (χ1n) is 5.91. The minimum absolute atomic E-state index is 0.0261.